The molecule has 2 aliphatic heterocycles. The fraction of sp³-hybridized carbons (Fsp3) is 0.846. The van der Waals surface area contributed by atoms with Crippen molar-refractivity contribution in [1.82, 2.24) is 9.80 Å². The van der Waals surface area contributed by atoms with E-state index in [2.05, 4.69) is 13.8 Å². The van der Waals surface area contributed by atoms with Gasteiger partial charge in [0.1, 0.15) is 0 Å². The molecule has 18 heavy (non-hydrogen) atoms. The average Bonchev–Trinajstić information content (AvgIpc) is 2.69. The number of hydrogen-bond donors (Lipinski definition) is 1. The van der Waals surface area contributed by atoms with Gasteiger partial charge in [-0.25, -0.2) is 0 Å². The molecule has 5 nitrogen and oxygen atoms in total. The summed E-state index contributed by atoms with van der Waals surface area (Å²) in [7, 11) is 0. The van der Waals surface area contributed by atoms with Crippen molar-refractivity contribution < 1.29 is 14.7 Å². The number of likely N-dealkylation sites (tertiary alicyclic amines) is 2. The molecule has 2 rings (SSSR count). The Balaban J connectivity index is 1.93. The molecule has 5 heteroatoms. The quantitative estimate of drug-likeness (QED) is 0.781. The third kappa shape index (κ3) is 2.36. The second-order valence-electron chi connectivity index (χ2n) is 5.31. The number of β-amino-alcohol motifs (C(OH)–C–C–N with tert-alkyl or cyclic N) is 1. The van der Waals surface area contributed by atoms with Crippen LogP contribution in [0.2, 0.25) is 0 Å². The van der Waals surface area contributed by atoms with E-state index in [1.807, 2.05) is 4.90 Å². The Bertz CT molecular complexity index is 335. The van der Waals surface area contributed by atoms with Gasteiger partial charge in [-0.3, -0.25) is 9.59 Å². The van der Waals surface area contributed by atoms with Gasteiger partial charge in [0, 0.05) is 32.1 Å². The van der Waals surface area contributed by atoms with E-state index in [9.17, 15) is 14.7 Å². The Morgan fingerprint density at radius 1 is 1.33 bits per heavy atom. The first-order chi connectivity index (χ1) is 8.56. The molecule has 1 N–H and O–H groups in total. The van der Waals surface area contributed by atoms with Gasteiger partial charge in [-0.2, -0.15) is 0 Å². The van der Waals surface area contributed by atoms with Crippen LogP contribution in [-0.4, -0.2) is 58.5 Å². The summed E-state index contributed by atoms with van der Waals surface area (Å²) in [4.78, 5) is 27.6. The highest BCUT2D eigenvalue weighted by Gasteiger charge is 2.41. The van der Waals surface area contributed by atoms with Gasteiger partial charge in [0.05, 0.1) is 12.0 Å². The van der Waals surface area contributed by atoms with Gasteiger partial charge in [0.2, 0.25) is 11.8 Å². The standard InChI is InChI=1S/C13H22N2O3/c1-3-10(4-2)15-6-9(5-12(15)17)13(18)14-7-11(16)8-14/h9-11,16H,3-8H2,1-2H3. The summed E-state index contributed by atoms with van der Waals surface area (Å²) >= 11 is 0. The Morgan fingerprint density at radius 2 is 1.94 bits per heavy atom. The predicted octanol–water partition coefficient (Wildman–Crippen LogP) is 0.227. The average molecular weight is 254 g/mol. The number of rotatable bonds is 4. The molecule has 1 atom stereocenters. The molecule has 2 fully saturated rings. The highest BCUT2D eigenvalue weighted by molar-refractivity contribution is 5.89. The van der Waals surface area contributed by atoms with E-state index < -0.39 is 0 Å². The van der Waals surface area contributed by atoms with Crippen molar-refractivity contribution in [1.29, 1.82) is 0 Å². The molecule has 0 bridgehead atoms. The van der Waals surface area contributed by atoms with Crippen LogP contribution in [0.25, 0.3) is 0 Å². The van der Waals surface area contributed by atoms with Gasteiger partial charge >= 0.3 is 0 Å². The monoisotopic (exact) mass is 254 g/mol. The van der Waals surface area contributed by atoms with Crippen LogP contribution in [0.4, 0.5) is 0 Å². The number of hydrogen-bond acceptors (Lipinski definition) is 3. The fourth-order valence-electron chi connectivity index (χ4n) is 2.87. The smallest absolute Gasteiger partial charge is 0.228 e. The topological polar surface area (TPSA) is 60.9 Å². The molecule has 102 valence electrons. The van der Waals surface area contributed by atoms with E-state index in [0.717, 1.165) is 12.8 Å². The summed E-state index contributed by atoms with van der Waals surface area (Å²) in [5, 5.41) is 9.21. The van der Waals surface area contributed by atoms with Crippen molar-refractivity contribution in [2.24, 2.45) is 5.92 Å². The molecule has 2 aliphatic rings. The number of carbonyl (C=O) groups excluding carboxylic acids is 2. The van der Waals surface area contributed by atoms with Crippen molar-refractivity contribution >= 4 is 11.8 Å². The lowest BCUT2D eigenvalue weighted by Crippen LogP contribution is -2.55. The minimum absolute atomic E-state index is 0.0297. The fourth-order valence-corrected chi connectivity index (χ4v) is 2.87. The lowest BCUT2D eigenvalue weighted by atomic mass is 10.0. The van der Waals surface area contributed by atoms with Crippen LogP contribution in [0.5, 0.6) is 0 Å². The van der Waals surface area contributed by atoms with Crippen LogP contribution in [-0.2, 0) is 9.59 Å². The molecule has 2 amide bonds. The number of aliphatic hydroxyl groups is 1. The maximum Gasteiger partial charge on any atom is 0.228 e. The zero-order valence-electron chi connectivity index (χ0n) is 11.1. The molecular formula is C13H22N2O3. The van der Waals surface area contributed by atoms with Gasteiger partial charge in [-0.05, 0) is 12.8 Å². The minimum atomic E-state index is -0.374. The molecule has 0 saturated carbocycles. The maximum absolute atomic E-state index is 12.1. The third-order valence-electron chi connectivity index (χ3n) is 4.06. The molecular weight excluding hydrogens is 232 g/mol. The number of amides is 2. The zero-order chi connectivity index (χ0) is 13.3. The molecule has 2 saturated heterocycles. The molecule has 0 radical (unpaired) electrons. The van der Waals surface area contributed by atoms with Gasteiger partial charge < -0.3 is 14.9 Å². The van der Waals surface area contributed by atoms with Crippen molar-refractivity contribution in [2.45, 2.75) is 45.3 Å². The zero-order valence-corrected chi connectivity index (χ0v) is 11.1. The van der Waals surface area contributed by atoms with Gasteiger partial charge in [-0.15, -0.1) is 0 Å². The van der Waals surface area contributed by atoms with E-state index in [4.69, 9.17) is 0 Å². The van der Waals surface area contributed by atoms with Crippen molar-refractivity contribution in [2.75, 3.05) is 19.6 Å². The van der Waals surface area contributed by atoms with Gasteiger partial charge in [0.15, 0.2) is 0 Å². The van der Waals surface area contributed by atoms with E-state index in [1.165, 1.54) is 0 Å². The Hall–Kier alpha value is -1.10. The Labute approximate surface area is 108 Å². The van der Waals surface area contributed by atoms with E-state index in [0.29, 0.717) is 26.1 Å². The summed E-state index contributed by atoms with van der Waals surface area (Å²) in [5.74, 6) is -0.0733. The summed E-state index contributed by atoms with van der Waals surface area (Å²) in [6, 6.07) is 0.261. The summed E-state index contributed by atoms with van der Waals surface area (Å²) in [6.45, 7) is 5.55. The predicted molar refractivity (Wildman–Crippen MR) is 66.8 cm³/mol. The lowest BCUT2D eigenvalue weighted by molar-refractivity contribution is -0.145. The normalized spacial score (nSPS) is 24.9. The number of aliphatic hydroxyl groups excluding tert-OH is 1. The SMILES string of the molecule is CCC(CC)N1CC(C(=O)N2CC(O)C2)CC1=O. The third-order valence-corrected chi connectivity index (χ3v) is 4.06. The molecule has 0 aliphatic carbocycles. The molecule has 2 heterocycles. The van der Waals surface area contributed by atoms with Crippen LogP contribution >= 0.6 is 0 Å². The van der Waals surface area contributed by atoms with E-state index >= 15 is 0 Å². The van der Waals surface area contributed by atoms with Crippen molar-refractivity contribution in [3.63, 3.8) is 0 Å². The Morgan fingerprint density at radius 3 is 2.44 bits per heavy atom. The highest BCUT2D eigenvalue weighted by atomic mass is 16.3. The second kappa shape index (κ2) is 5.26. The number of nitrogens with zero attached hydrogens (tertiary/aromatic N) is 2. The first kappa shape index (κ1) is 13.3. The van der Waals surface area contributed by atoms with Crippen LogP contribution in [0, 0.1) is 5.92 Å². The first-order valence-corrected chi connectivity index (χ1v) is 6.83. The van der Waals surface area contributed by atoms with E-state index in [1.54, 1.807) is 4.90 Å². The molecule has 1 unspecified atom stereocenters. The summed E-state index contributed by atoms with van der Waals surface area (Å²) in [5.41, 5.74) is 0. The van der Waals surface area contributed by atoms with Crippen LogP contribution < -0.4 is 0 Å². The maximum atomic E-state index is 12.1. The second-order valence-corrected chi connectivity index (χ2v) is 5.31. The molecule has 0 aromatic carbocycles. The van der Waals surface area contributed by atoms with Crippen molar-refractivity contribution in [3.05, 3.63) is 0 Å². The highest BCUT2D eigenvalue weighted by Crippen LogP contribution is 2.26. The molecule has 0 spiro atoms. The minimum Gasteiger partial charge on any atom is -0.389 e. The van der Waals surface area contributed by atoms with Crippen LogP contribution in [0.15, 0.2) is 0 Å². The largest absolute Gasteiger partial charge is 0.389 e. The Kier molecular flexibility index (Phi) is 3.90. The van der Waals surface area contributed by atoms with Crippen LogP contribution in [0.1, 0.15) is 33.1 Å². The molecule has 0 aromatic heterocycles. The first-order valence-electron chi connectivity index (χ1n) is 6.83. The van der Waals surface area contributed by atoms with Gasteiger partial charge in [0.25, 0.3) is 0 Å². The summed E-state index contributed by atoms with van der Waals surface area (Å²) in [6.07, 6.45) is 1.83. The number of carbonyl (C=O) groups is 2. The van der Waals surface area contributed by atoms with Gasteiger partial charge in [-0.1, -0.05) is 13.8 Å². The summed E-state index contributed by atoms with van der Waals surface area (Å²) < 4.78 is 0. The lowest BCUT2D eigenvalue weighted by Gasteiger charge is -2.37. The molecule has 0 aromatic rings. The van der Waals surface area contributed by atoms with Crippen molar-refractivity contribution in [3.8, 4) is 0 Å². The van der Waals surface area contributed by atoms with E-state index in [-0.39, 0.29) is 29.9 Å². The van der Waals surface area contributed by atoms with Crippen LogP contribution in [0.3, 0.4) is 0 Å².